The minimum atomic E-state index is -0.0228. The van der Waals surface area contributed by atoms with Crippen LogP contribution in [0.1, 0.15) is 37.0 Å². The lowest BCUT2D eigenvalue weighted by molar-refractivity contribution is 0.339. The number of methoxy groups -OCH3 is 2. The molecule has 1 heterocycles. The van der Waals surface area contributed by atoms with Gasteiger partial charge in [0.2, 0.25) is 5.75 Å². The maximum Gasteiger partial charge on any atom is 0.200 e. The molecule has 0 fully saturated rings. The average molecular weight is 489 g/mol. The van der Waals surface area contributed by atoms with E-state index in [0.717, 1.165) is 23.6 Å². The number of aryl methyl sites for hydroxylation is 1. The van der Waals surface area contributed by atoms with Crippen LogP contribution in [0.4, 0.5) is 0 Å². The van der Waals surface area contributed by atoms with Gasteiger partial charge in [0, 0.05) is 6.54 Å². The summed E-state index contributed by atoms with van der Waals surface area (Å²) in [4.78, 5) is 4.60. The molecule has 0 bridgehead atoms. The van der Waals surface area contributed by atoms with Gasteiger partial charge in [-0.2, -0.15) is 0 Å². The van der Waals surface area contributed by atoms with E-state index in [0.29, 0.717) is 24.0 Å². The van der Waals surface area contributed by atoms with Crippen LogP contribution in [-0.4, -0.2) is 31.8 Å². The summed E-state index contributed by atoms with van der Waals surface area (Å²) >= 11 is 0. The number of nitrogens with one attached hydrogen (secondary N) is 2. The fourth-order valence-electron chi connectivity index (χ4n) is 2.49. The van der Waals surface area contributed by atoms with Crippen LogP contribution in [0.25, 0.3) is 0 Å². The van der Waals surface area contributed by atoms with Crippen molar-refractivity contribution in [1.29, 1.82) is 0 Å². The monoisotopic (exact) mass is 489 g/mol. The molecule has 8 heteroatoms. The fourth-order valence-corrected chi connectivity index (χ4v) is 2.49. The number of hydrogen-bond acceptors (Lipinski definition) is 5. The summed E-state index contributed by atoms with van der Waals surface area (Å²) in [6.07, 6.45) is 0. The smallest absolute Gasteiger partial charge is 0.200 e. The Balaban J connectivity index is 0.00000364. The molecule has 1 unspecified atom stereocenters. The van der Waals surface area contributed by atoms with Gasteiger partial charge in [-0.25, -0.2) is 4.99 Å². The molecule has 1 aromatic heterocycles. The van der Waals surface area contributed by atoms with Crippen molar-refractivity contribution in [3.05, 3.63) is 41.3 Å². The van der Waals surface area contributed by atoms with E-state index in [2.05, 4.69) is 15.6 Å². The summed E-state index contributed by atoms with van der Waals surface area (Å²) in [5, 5.41) is 16.5. The summed E-state index contributed by atoms with van der Waals surface area (Å²) in [6.45, 7) is 7.06. The summed E-state index contributed by atoms with van der Waals surface area (Å²) in [5.74, 6) is 3.08. The first-order valence-electron chi connectivity index (χ1n) is 8.53. The molecule has 0 aliphatic carbocycles. The van der Waals surface area contributed by atoms with Gasteiger partial charge in [-0.15, -0.1) is 24.0 Å². The molecule has 1 atom stereocenters. The molecule has 2 aromatic rings. The van der Waals surface area contributed by atoms with E-state index in [9.17, 15) is 5.11 Å². The van der Waals surface area contributed by atoms with Crippen molar-refractivity contribution >= 4 is 29.9 Å². The molecule has 0 aliphatic rings. The molecule has 0 saturated heterocycles. The molecule has 0 radical (unpaired) electrons. The van der Waals surface area contributed by atoms with Crippen molar-refractivity contribution in [3.63, 3.8) is 0 Å². The van der Waals surface area contributed by atoms with Gasteiger partial charge in [0.05, 0.1) is 26.8 Å². The Morgan fingerprint density at radius 2 is 1.85 bits per heavy atom. The topological polar surface area (TPSA) is 88.3 Å². The fraction of sp³-hybridized carbons (Fsp3) is 0.421. The lowest BCUT2D eigenvalue weighted by atomic mass is 10.2. The van der Waals surface area contributed by atoms with Crippen LogP contribution in [0.5, 0.6) is 17.2 Å². The Bertz CT molecular complexity index is 736. The van der Waals surface area contributed by atoms with Crippen molar-refractivity contribution in [2.45, 2.75) is 33.4 Å². The van der Waals surface area contributed by atoms with Crippen LogP contribution < -0.4 is 20.1 Å². The van der Waals surface area contributed by atoms with E-state index in [1.807, 2.05) is 32.9 Å². The number of benzene rings is 1. The normalized spacial score (nSPS) is 12.1. The molecule has 27 heavy (non-hydrogen) atoms. The van der Waals surface area contributed by atoms with Gasteiger partial charge in [-0.3, -0.25) is 0 Å². The van der Waals surface area contributed by atoms with Crippen LogP contribution in [0.15, 0.2) is 33.7 Å². The second-order valence-corrected chi connectivity index (χ2v) is 5.86. The summed E-state index contributed by atoms with van der Waals surface area (Å²) in [6, 6.07) is 7.35. The molecular weight excluding hydrogens is 461 g/mol. The van der Waals surface area contributed by atoms with Crippen molar-refractivity contribution in [3.8, 4) is 17.2 Å². The highest BCUT2D eigenvalue weighted by Gasteiger charge is 2.13. The number of phenols is 1. The number of hydrogen-bond donors (Lipinski definition) is 3. The van der Waals surface area contributed by atoms with Crippen molar-refractivity contribution in [1.82, 2.24) is 10.6 Å². The first-order chi connectivity index (χ1) is 12.5. The standard InChI is InChI=1S/C19H27N3O4.HI/c1-6-20-19(22-13(3)15-8-7-12(2)26-15)21-11-14-9-16(24-4)18(23)17(10-14)25-5;/h7-10,13,23H,6,11H2,1-5H3,(H2,20,21,22);1H. The summed E-state index contributed by atoms with van der Waals surface area (Å²) in [5.41, 5.74) is 0.857. The predicted molar refractivity (Wildman–Crippen MR) is 116 cm³/mol. The zero-order chi connectivity index (χ0) is 19.1. The maximum absolute atomic E-state index is 10.0. The summed E-state index contributed by atoms with van der Waals surface area (Å²) in [7, 11) is 3.00. The molecular formula is C19H28IN3O4. The Morgan fingerprint density at radius 3 is 2.33 bits per heavy atom. The lowest BCUT2D eigenvalue weighted by Crippen LogP contribution is -2.38. The molecule has 150 valence electrons. The van der Waals surface area contributed by atoms with Crippen LogP contribution in [-0.2, 0) is 6.54 Å². The van der Waals surface area contributed by atoms with Crippen LogP contribution in [0.2, 0.25) is 0 Å². The van der Waals surface area contributed by atoms with Gasteiger partial charge in [0.1, 0.15) is 11.5 Å². The van der Waals surface area contributed by atoms with Gasteiger partial charge in [-0.05, 0) is 50.6 Å². The van der Waals surface area contributed by atoms with Crippen molar-refractivity contribution in [2.75, 3.05) is 20.8 Å². The van der Waals surface area contributed by atoms with Crippen LogP contribution >= 0.6 is 24.0 Å². The molecule has 3 N–H and O–H groups in total. The number of phenolic OH excluding ortho intramolecular Hbond substituents is 1. The molecule has 0 aliphatic heterocycles. The third-order valence-corrected chi connectivity index (χ3v) is 3.84. The quantitative estimate of drug-likeness (QED) is 0.312. The molecule has 1 aromatic carbocycles. The minimum absolute atomic E-state index is 0. The Labute approximate surface area is 177 Å². The Hall–Kier alpha value is -2.10. The predicted octanol–water partition coefficient (Wildman–Crippen LogP) is 3.75. The molecule has 2 rings (SSSR count). The molecule has 0 spiro atoms. The first-order valence-corrected chi connectivity index (χ1v) is 8.53. The van der Waals surface area contributed by atoms with E-state index < -0.39 is 0 Å². The highest BCUT2D eigenvalue weighted by atomic mass is 127. The van der Waals surface area contributed by atoms with Crippen molar-refractivity contribution in [2.24, 2.45) is 4.99 Å². The van der Waals surface area contributed by atoms with E-state index in [-0.39, 0.29) is 35.8 Å². The Kier molecular flexibility index (Phi) is 9.27. The second-order valence-electron chi connectivity index (χ2n) is 5.86. The van der Waals surface area contributed by atoms with Gasteiger partial charge in [0.15, 0.2) is 17.5 Å². The molecule has 7 nitrogen and oxygen atoms in total. The van der Waals surface area contributed by atoms with Gasteiger partial charge in [0.25, 0.3) is 0 Å². The number of halogens is 1. The lowest BCUT2D eigenvalue weighted by Gasteiger charge is -2.16. The number of aromatic hydroxyl groups is 1. The highest BCUT2D eigenvalue weighted by molar-refractivity contribution is 14.0. The zero-order valence-electron chi connectivity index (χ0n) is 16.3. The van der Waals surface area contributed by atoms with E-state index in [1.165, 1.54) is 14.2 Å². The van der Waals surface area contributed by atoms with E-state index >= 15 is 0 Å². The average Bonchev–Trinajstić information content (AvgIpc) is 3.07. The minimum Gasteiger partial charge on any atom is -0.502 e. The third kappa shape index (κ3) is 6.23. The SMILES string of the molecule is CCNC(=NCc1cc(OC)c(O)c(OC)c1)NC(C)c1ccc(C)o1.I. The number of guanidine groups is 1. The maximum atomic E-state index is 10.0. The molecule has 0 amide bonds. The van der Waals surface area contributed by atoms with E-state index in [1.54, 1.807) is 12.1 Å². The van der Waals surface area contributed by atoms with Gasteiger partial charge < -0.3 is 29.6 Å². The Morgan fingerprint density at radius 1 is 1.22 bits per heavy atom. The number of furan rings is 1. The third-order valence-electron chi connectivity index (χ3n) is 3.84. The van der Waals surface area contributed by atoms with Crippen LogP contribution in [0, 0.1) is 6.92 Å². The number of nitrogens with zero attached hydrogens (tertiary/aromatic N) is 1. The highest BCUT2D eigenvalue weighted by Crippen LogP contribution is 2.37. The summed E-state index contributed by atoms with van der Waals surface area (Å²) < 4.78 is 16.0. The van der Waals surface area contributed by atoms with E-state index in [4.69, 9.17) is 13.9 Å². The van der Waals surface area contributed by atoms with Gasteiger partial charge in [-0.1, -0.05) is 0 Å². The second kappa shape index (κ2) is 10.9. The van der Waals surface area contributed by atoms with Crippen LogP contribution in [0.3, 0.4) is 0 Å². The largest absolute Gasteiger partial charge is 0.502 e. The first kappa shape index (κ1) is 22.9. The zero-order valence-corrected chi connectivity index (χ0v) is 18.7. The number of ether oxygens (including phenoxy) is 2. The number of rotatable bonds is 7. The van der Waals surface area contributed by atoms with Crippen molar-refractivity contribution < 1.29 is 19.0 Å². The van der Waals surface area contributed by atoms with Gasteiger partial charge >= 0.3 is 0 Å². The number of aliphatic imine (C=N–C) groups is 1. The molecule has 0 saturated carbocycles.